The van der Waals surface area contributed by atoms with Crippen molar-refractivity contribution in [3.63, 3.8) is 0 Å². The zero-order valence-electron chi connectivity index (χ0n) is 19.7. The molecule has 1 saturated heterocycles. The molecule has 1 aromatic carbocycles. The van der Waals surface area contributed by atoms with Crippen molar-refractivity contribution in [1.29, 1.82) is 0 Å². The van der Waals surface area contributed by atoms with Crippen LogP contribution >= 0.6 is 0 Å². The van der Waals surface area contributed by atoms with Gasteiger partial charge in [0.25, 0.3) is 0 Å². The Morgan fingerprint density at radius 2 is 1.81 bits per heavy atom. The van der Waals surface area contributed by atoms with Crippen LogP contribution in [0.3, 0.4) is 0 Å². The third kappa shape index (κ3) is 11.5. The van der Waals surface area contributed by atoms with Crippen molar-refractivity contribution in [2.45, 2.75) is 58.8 Å². The number of nitrogens with zero attached hydrogens (tertiary/aromatic N) is 1. The highest BCUT2D eigenvalue weighted by molar-refractivity contribution is 5.71. The van der Waals surface area contributed by atoms with E-state index >= 15 is 0 Å². The molecule has 0 saturated carbocycles. The first-order valence-corrected chi connectivity index (χ1v) is 11.4. The summed E-state index contributed by atoms with van der Waals surface area (Å²) in [6.07, 6.45) is 2.27. The topological polar surface area (TPSA) is 69.3 Å². The van der Waals surface area contributed by atoms with Gasteiger partial charge in [-0.1, -0.05) is 19.1 Å². The van der Waals surface area contributed by atoms with Crippen LogP contribution in [0.5, 0.6) is 5.75 Å². The van der Waals surface area contributed by atoms with E-state index in [4.69, 9.17) is 18.9 Å². The van der Waals surface area contributed by atoms with Crippen molar-refractivity contribution in [3.8, 4) is 5.75 Å². The van der Waals surface area contributed by atoms with E-state index in [1.807, 2.05) is 32.9 Å². The molecule has 176 valence electrons. The molecule has 1 heterocycles. The summed E-state index contributed by atoms with van der Waals surface area (Å²) in [5.74, 6) is 0.581. The zero-order chi connectivity index (χ0) is 22.5. The van der Waals surface area contributed by atoms with Gasteiger partial charge < -0.3 is 24.3 Å². The second-order valence-electron chi connectivity index (χ2n) is 8.82. The van der Waals surface area contributed by atoms with Crippen LogP contribution in [-0.2, 0) is 25.5 Å². The van der Waals surface area contributed by atoms with Gasteiger partial charge >= 0.3 is 5.97 Å². The minimum atomic E-state index is -0.480. The van der Waals surface area contributed by atoms with Crippen molar-refractivity contribution < 1.29 is 23.7 Å². The molecule has 0 aromatic heterocycles. The molecule has 0 bridgehead atoms. The number of carbonyl (C=O) groups is 1. The van der Waals surface area contributed by atoms with E-state index in [2.05, 4.69) is 29.3 Å². The summed E-state index contributed by atoms with van der Waals surface area (Å²) in [6.45, 7) is 14.0. The predicted molar refractivity (Wildman–Crippen MR) is 121 cm³/mol. The molecule has 0 atom stereocenters. The molecule has 0 aliphatic carbocycles. The number of rotatable bonds is 13. The Bertz CT molecular complexity index is 622. The first kappa shape index (κ1) is 25.6. The summed E-state index contributed by atoms with van der Waals surface area (Å²) in [5.41, 5.74) is 0.790. The Hall–Kier alpha value is -1.67. The highest BCUT2D eigenvalue weighted by Crippen LogP contribution is 2.15. The van der Waals surface area contributed by atoms with Crippen LogP contribution in [0.25, 0.3) is 0 Å². The average Bonchev–Trinajstić information content (AvgIpc) is 2.73. The molecule has 1 aliphatic rings. The van der Waals surface area contributed by atoms with Crippen LogP contribution in [-0.4, -0.2) is 75.2 Å². The normalized spacial score (nSPS) is 15.7. The molecule has 31 heavy (non-hydrogen) atoms. The summed E-state index contributed by atoms with van der Waals surface area (Å²) in [7, 11) is 0. The summed E-state index contributed by atoms with van der Waals surface area (Å²) < 4.78 is 22.3. The van der Waals surface area contributed by atoms with Crippen LogP contribution in [0, 0.1) is 0 Å². The number of piperidine rings is 1. The van der Waals surface area contributed by atoms with Gasteiger partial charge in [-0.15, -0.1) is 0 Å². The standard InChI is InChI=1S/C24H40N2O5/c1-5-25-18-20-6-8-21(9-7-20)29-15-14-26-12-10-22(11-13-26)30-17-16-28-19-23(27)31-24(2,3)4/h6-9,22,25H,5,10-19H2,1-4H3. The van der Waals surface area contributed by atoms with Gasteiger partial charge in [0.1, 0.15) is 24.6 Å². The lowest BCUT2D eigenvalue weighted by atomic mass is 10.1. The van der Waals surface area contributed by atoms with Gasteiger partial charge in [0, 0.05) is 26.2 Å². The molecule has 1 aliphatic heterocycles. The van der Waals surface area contributed by atoms with Gasteiger partial charge in [-0.2, -0.15) is 0 Å². The Kier molecular flexibility index (Phi) is 11.3. The number of hydrogen-bond acceptors (Lipinski definition) is 7. The average molecular weight is 437 g/mol. The van der Waals surface area contributed by atoms with Crippen molar-refractivity contribution in [2.75, 3.05) is 52.6 Å². The molecule has 0 amide bonds. The Labute approximate surface area is 187 Å². The molecule has 0 unspecified atom stereocenters. The van der Waals surface area contributed by atoms with Gasteiger partial charge in [0.15, 0.2) is 0 Å². The maximum atomic E-state index is 11.6. The Morgan fingerprint density at radius 1 is 1.10 bits per heavy atom. The van der Waals surface area contributed by atoms with E-state index in [0.29, 0.717) is 19.8 Å². The summed E-state index contributed by atoms with van der Waals surface area (Å²) in [6, 6.07) is 8.30. The third-order valence-electron chi connectivity index (χ3n) is 4.93. The van der Waals surface area contributed by atoms with Crippen LogP contribution in [0.2, 0.25) is 0 Å². The van der Waals surface area contributed by atoms with Gasteiger partial charge in [-0.25, -0.2) is 4.79 Å². The fourth-order valence-electron chi connectivity index (χ4n) is 3.37. The largest absolute Gasteiger partial charge is 0.492 e. The number of benzene rings is 1. The number of carbonyl (C=O) groups excluding carboxylic acids is 1. The van der Waals surface area contributed by atoms with Crippen LogP contribution < -0.4 is 10.1 Å². The number of esters is 1. The van der Waals surface area contributed by atoms with E-state index in [1.165, 1.54) is 5.56 Å². The van der Waals surface area contributed by atoms with Crippen LogP contribution in [0.15, 0.2) is 24.3 Å². The van der Waals surface area contributed by atoms with Gasteiger partial charge in [0.2, 0.25) is 0 Å². The molecule has 1 aromatic rings. The third-order valence-corrected chi connectivity index (χ3v) is 4.93. The first-order valence-electron chi connectivity index (χ1n) is 11.4. The molecule has 1 N–H and O–H groups in total. The van der Waals surface area contributed by atoms with Crippen molar-refractivity contribution >= 4 is 5.97 Å². The molecular formula is C24H40N2O5. The number of likely N-dealkylation sites (tertiary alicyclic amines) is 1. The highest BCUT2D eigenvalue weighted by atomic mass is 16.6. The lowest BCUT2D eigenvalue weighted by Crippen LogP contribution is -2.39. The second kappa shape index (κ2) is 13.7. The van der Waals surface area contributed by atoms with E-state index in [0.717, 1.165) is 51.3 Å². The van der Waals surface area contributed by atoms with Crippen molar-refractivity contribution in [3.05, 3.63) is 29.8 Å². The van der Waals surface area contributed by atoms with Gasteiger partial charge in [-0.3, -0.25) is 4.90 Å². The maximum absolute atomic E-state index is 11.6. The SMILES string of the molecule is CCNCc1ccc(OCCN2CCC(OCCOCC(=O)OC(C)(C)C)CC2)cc1. The molecule has 7 heteroatoms. The molecule has 7 nitrogen and oxygen atoms in total. The highest BCUT2D eigenvalue weighted by Gasteiger charge is 2.20. The number of nitrogens with one attached hydrogen (secondary N) is 1. The lowest BCUT2D eigenvalue weighted by Gasteiger charge is -2.31. The van der Waals surface area contributed by atoms with E-state index in [9.17, 15) is 4.79 Å². The molecule has 2 rings (SSSR count). The second-order valence-corrected chi connectivity index (χ2v) is 8.82. The minimum Gasteiger partial charge on any atom is -0.492 e. The monoisotopic (exact) mass is 436 g/mol. The van der Waals surface area contributed by atoms with E-state index in [-0.39, 0.29) is 18.7 Å². The molecule has 1 fully saturated rings. The minimum absolute atomic E-state index is 0.0303. The zero-order valence-corrected chi connectivity index (χ0v) is 19.7. The number of hydrogen-bond donors (Lipinski definition) is 1. The van der Waals surface area contributed by atoms with Gasteiger partial charge in [-0.05, 0) is 57.9 Å². The predicted octanol–water partition coefficient (Wildman–Crippen LogP) is 3.01. The maximum Gasteiger partial charge on any atom is 0.332 e. The fraction of sp³-hybridized carbons (Fsp3) is 0.708. The van der Waals surface area contributed by atoms with Crippen molar-refractivity contribution in [2.24, 2.45) is 0 Å². The smallest absolute Gasteiger partial charge is 0.332 e. The van der Waals surface area contributed by atoms with Crippen molar-refractivity contribution in [1.82, 2.24) is 10.2 Å². The summed E-state index contributed by atoms with van der Waals surface area (Å²) >= 11 is 0. The van der Waals surface area contributed by atoms with Gasteiger partial charge in [0.05, 0.1) is 19.3 Å². The number of ether oxygens (including phenoxy) is 4. The Balaban J connectivity index is 1.49. The summed E-state index contributed by atoms with van der Waals surface area (Å²) in [5, 5.41) is 3.32. The molecule has 0 radical (unpaired) electrons. The fourth-order valence-corrected chi connectivity index (χ4v) is 3.37. The van der Waals surface area contributed by atoms with E-state index < -0.39 is 5.60 Å². The van der Waals surface area contributed by atoms with E-state index in [1.54, 1.807) is 0 Å². The summed E-state index contributed by atoms with van der Waals surface area (Å²) in [4.78, 5) is 14.0. The quantitative estimate of drug-likeness (QED) is 0.376. The lowest BCUT2D eigenvalue weighted by molar-refractivity contribution is -0.160. The molecular weight excluding hydrogens is 396 g/mol. The Morgan fingerprint density at radius 3 is 2.45 bits per heavy atom. The van der Waals surface area contributed by atoms with Crippen LogP contribution in [0.4, 0.5) is 0 Å². The molecule has 0 spiro atoms. The van der Waals surface area contributed by atoms with Crippen LogP contribution in [0.1, 0.15) is 46.1 Å². The first-order chi connectivity index (χ1) is 14.9.